The maximum atomic E-state index is 11.7. The van der Waals surface area contributed by atoms with E-state index in [0.717, 1.165) is 5.92 Å². The summed E-state index contributed by atoms with van der Waals surface area (Å²) < 4.78 is 5.07. The summed E-state index contributed by atoms with van der Waals surface area (Å²) in [6, 6.07) is 0.494. The summed E-state index contributed by atoms with van der Waals surface area (Å²) in [7, 11) is 2.08. The molecule has 104 valence electrons. The van der Waals surface area contributed by atoms with Crippen LogP contribution in [0.1, 0.15) is 47.0 Å². The zero-order valence-corrected chi connectivity index (χ0v) is 12.5. The SMILES string of the molecule is CCOC(=O)CN(C)C1C2(C)CCC(C2)C1(C)C. The van der Waals surface area contributed by atoms with E-state index in [9.17, 15) is 4.79 Å². The van der Waals surface area contributed by atoms with Gasteiger partial charge in [-0.1, -0.05) is 20.8 Å². The van der Waals surface area contributed by atoms with Gasteiger partial charge in [0.05, 0.1) is 13.2 Å². The average molecular weight is 253 g/mol. The molecule has 2 aliphatic carbocycles. The van der Waals surface area contributed by atoms with E-state index in [4.69, 9.17) is 4.74 Å². The van der Waals surface area contributed by atoms with Gasteiger partial charge in [-0.3, -0.25) is 9.69 Å². The summed E-state index contributed by atoms with van der Waals surface area (Å²) in [6.07, 6.45) is 3.98. The molecule has 2 saturated carbocycles. The number of hydrogen-bond donors (Lipinski definition) is 0. The van der Waals surface area contributed by atoms with Crippen molar-refractivity contribution in [1.82, 2.24) is 4.90 Å². The second-order valence-electron chi connectivity index (χ2n) is 7.04. The Kier molecular flexibility index (Phi) is 3.48. The van der Waals surface area contributed by atoms with Crippen molar-refractivity contribution in [3.8, 4) is 0 Å². The summed E-state index contributed by atoms with van der Waals surface area (Å²) in [5.74, 6) is 0.722. The molecular formula is C15H27NO2. The molecular weight excluding hydrogens is 226 g/mol. The van der Waals surface area contributed by atoms with Crippen molar-refractivity contribution >= 4 is 5.97 Å². The summed E-state index contributed by atoms with van der Waals surface area (Å²) in [5, 5.41) is 0. The number of esters is 1. The lowest BCUT2D eigenvalue weighted by atomic mass is 9.68. The Morgan fingerprint density at radius 1 is 1.39 bits per heavy atom. The van der Waals surface area contributed by atoms with Crippen LogP contribution in [0.3, 0.4) is 0 Å². The molecule has 0 aliphatic heterocycles. The molecule has 3 atom stereocenters. The first kappa shape index (κ1) is 13.9. The van der Waals surface area contributed by atoms with Gasteiger partial charge in [0.15, 0.2) is 0 Å². The van der Waals surface area contributed by atoms with Gasteiger partial charge in [0.1, 0.15) is 0 Å². The molecule has 0 amide bonds. The molecule has 0 N–H and O–H groups in total. The minimum atomic E-state index is -0.0952. The first-order valence-electron chi connectivity index (χ1n) is 7.17. The fourth-order valence-electron chi connectivity index (χ4n) is 4.88. The zero-order chi connectivity index (χ0) is 13.6. The number of carbonyl (C=O) groups is 1. The first-order valence-corrected chi connectivity index (χ1v) is 7.17. The van der Waals surface area contributed by atoms with Gasteiger partial charge in [0.2, 0.25) is 0 Å². The minimum Gasteiger partial charge on any atom is -0.465 e. The lowest BCUT2D eigenvalue weighted by molar-refractivity contribution is -0.146. The molecule has 18 heavy (non-hydrogen) atoms. The highest BCUT2D eigenvalue weighted by Crippen LogP contribution is 2.63. The van der Waals surface area contributed by atoms with E-state index in [-0.39, 0.29) is 5.97 Å². The lowest BCUT2D eigenvalue weighted by Crippen LogP contribution is -2.52. The van der Waals surface area contributed by atoms with Gasteiger partial charge in [-0.15, -0.1) is 0 Å². The molecule has 0 heterocycles. The minimum absolute atomic E-state index is 0.0952. The van der Waals surface area contributed by atoms with Gasteiger partial charge < -0.3 is 4.74 Å². The predicted molar refractivity (Wildman–Crippen MR) is 72.3 cm³/mol. The van der Waals surface area contributed by atoms with E-state index in [1.54, 1.807) is 0 Å². The largest absolute Gasteiger partial charge is 0.465 e. The van der Waals surface area contributed by atoms with E-state index in [1.165, 1.54) is 19.3 Å². The third-order valence-corrected chi connectivity index (χ3v) is 5.32. The highest BCUT2D eigenvalue weighted by Gasteiger charge is 2.60. The number of rotatable bonds is 4. The van der Waals surface area contributed by atoms with E-state index < -0.39 is 0 Å². The molecule has 3 nitrogen and oxygen atoms in total. The summed E-state index contributed by atoms with van der Waals surface area (Å²) >= 11 is 0. The van der Waals surface area contributed by atoms with Crippen LogP contribution >= 0.6 is 0 Å². The van der Waals surface area contributed by atoms with Crippen molar-refractivity contribution < 1.29 is 9.53 Å². The lowest BCUT2D eigenvalue weighted by Gasteiger charge is -2.47. The maximum absolute atomic E-state index is 11.7. The van der Waals surface area contributed by atoms with Crippen molar-refractivity contribution in [1.29, 1.82) is 0 Å². The van der Waals surface area contributed by atoms with Gasteiger partial charge in [0.25, 0.3) is 0 Å². The molecule has 3 heteroatoms. The van der Waals surface area contributed by atoms with Crippen LogP contribution in [0.2, 0.25) is 0 Å². The number of fused-ring (bicyclic) bond motifs is 2. The van der Waals surface area contributed by atoms with Crippen molar-refractivity contribution in [2.24, 2.45) is 16.7 Å². The highest BCUT2D eigenvalue weighted by molar-refractivity contribution is 5.71. The van der Waals surface area contributed by atoms with E-state index >= 15 is 0 Å². The number of hydrogen-bond acceptors (Lipinski definition) is 3. The Labute approximate surface area is 111 Å². The van der Waals surface area contributed by atoms with Crippen LogP contribution in [0.4, 0.5) is 0 Å². The van der Waals surface area contributed by atoms with Crippen LogP contribution in [0.25, 0.3) is 0 Å². The van der Waals surface area contributed by atoms with Crippen LogP contribution in [-0.4, -0.2) is 37.1 Å². The maximum Gasteiger partial charge on any atom is 0.320 e. The van der Waals surface area contributed by atoms with E-state index in [0.29, 0.717) is 30.0 Å². The second kappa shape index (κ2) is 4.52. The Morgan fingerprint density at radius 3 is 2.56 bits per heavy atom. The third kappa shape index (κ3) is 2.07. The van der Waals surface area contributed by atoms with Crippen LogP contribution in [0.5, 0.6) is 0 Å². The quantitative estimate of drug-likeness (QED) is 0.721. The second-order valence-corrected chi connectivity index (χ2v) is 7.04. The molecule has 0 aromatic rings. The van der Waals surface area contributed by atoms with Crippen LogP contribution in [0.15, 0.2) is 0 Å². The molecule has 0 aromatic carbocycles. The van der Waals surface area contributed by atoms with E-state index in [2.05, 4.69) is 32.7 Å². The number of carbonyl (C=O) groups excluding carboxylic acids is 1. The molecule has 2 rings (SSSR count). The van der Waals surface area contributed by atoms with Gasteiger partial charge >= 0.3 is 5.97 Å². The molecule has 2 aliphatic rings. The normalized spacial score (nSPS) is 37.2. The fraction of sp³-hybridized carbons (Fsp3) is 0.933. The van der Waals surface area contributed by atoms with Gasteiger partial charge in [-0.25, -0.2) is 0 Å². The van der Waals surface area contributed by atoms with Gasteiger partial charge in [-0.05, 0) is 50.0 Å². The van der Waals surface area contributed by atoms with Crippen molar-refractivity contribution in [3.05, 3.63) is 0 Å². The number of nitrogens with zero attached hydrogens (tertiary/aromatic N) is 1. The summed E-state index contributed by atoms with van der Waals surface area (Å²) in [6.45, 7) is 9.89. The molecule has 2 fully saturated rings. The molecule has 0 spiro atoms. The zero-order valence-electron chi connectivity index (χ0n) is 12.5. The molecule has 0 aromatic heterocycles. The standard InChI is InChI=1S/C15H27NO2/c1-6-18-12(17)10-16(5)13-14(2,3)11-7-8-15(13,4)9-11/h11,13H,6-10H2,1-5H3. The van der Waals surface area contributed by atoms with Crippen LogP contribution < -0.4 is 0 Å². The Bertz CT molecular complexity index is 335. The van der Waals surface area contributed by atoms with Crippen molar-refractivity contribution in [3.63, 3.8) is 0 Å². The topological polar surface area (TPSA) is 29.5 Å². The third-order valence-electron chi connectivity index (χ3n) is 5.32. The van der Waals surface area contributed by atoms with Crippen LogP contribution in [0, 0.1) is 16.7 Å². The smallest absolute Gasteiger partial charge is 0.320 e. The van der Waals surface area contributed by atoms with E-state index in [1.807, 2.05) is 6.92 Å². The molecule has 0 saturated heterocycles. The van der Waals surface area contributed by atoms with Crippen molar-refractivity contribution in [2.45, 2.75) is 53.0 Å². The first-order chi connectivity index (χ1) is 8.31. The Balaban J connectivity index is 2.09. The summed E-state index contributed by atoms with van der Waals surface area (Å²) in [4.78, 5) is 13.9. The number of ether oxygens (including phenoxy) is 1. The fourth-order valence-corrected chi connectivity index (χ4v) is 4.88. The predicted octanol–water partition coefficient (Wildman–Crippen LogP) is 2.70. The Morgan fingerprint density at radius 2 is 2.06 bits per heavy atom. The highest BCUT2D eigenvalue weighted by atomic mass is 16.5. The van der Waals surface area contributed by atoms with Crippen molar-refractivity contribution in [2.75, 3.05) is 20.2 Å². The number of likely N-dealkylation sites (N-methyl/N-ethyl adjacent to an activating group) is 1. The molecule has 3 unspecified atom stereocenters. The molecule has 0 radical (unpaired) electrons. The van der Waals surface area contributed by atoms with Gasteiger partial charge in [-0.2, -0.15) is 0 Å². The summed E-state index contributed by atoms with van der Waals surface area (Å²) in [5.41, 5.74) is 0.698. The average Bonchev–Trinajstić information content (AvgIpc) is 2.68. The van der Waals surface area contributed by atoms with Gasteiger partial charge in [0, 0.05) is 6.04 Å². The monoisotopic (exact) mass is 253 g/mol. The Hall–Kier alpha value is -0.570. The van der Waals surface area contributed by atoms with Crippen LogP contribution in [-0.2, 0) is 9.53 Å². The molecule has 2 bridgehead atoms.